The molecule has 0 amide bonds. The number of para-hydroxylation sites is 1. The summed E-state index contributed by atoms with van der Waals surface area (Å²) in [6.07, 6.45) is -0.540. The van der Waals surface area contributed by atoms with E-state index in [-0.39, 0.29) is 12.6 Å². The molecule has 0 heterocycles. The van der Waals surface area contributed by atoms with Gasteiger partial charge in [-0.25, -0.2) is 0 Å². The molecule has 0 spiro atoms. The van der Waals surface area contributed by atoms with E-state index in [2.05, 4.69) is 13.8 Å². The normalized spacial score (nSPS) is 14.9. The van der Waals surface area contributed by atoms with Gasteiger partial charge in [0.25, 0.3) is 0 Å². The molecule has 16 heavy (non-hydrogen) atoms. The molecule has 0 saturated heterocycles. The highest BCUT2D eigenvalue weighted by Gasteiger charge is 2.15. The van der Waals surface area contributed by atoms with Gasteiger partial charge in [-0.05, 0) is 18.9 Å². The maximum absolute atomic E-state index is 9.76. The van der Waals surface area contributed by atoms with Crippen LogP contribution in [0.15, 0.2) is 24.3 Å². The van der Waals surface area contributed by atoms with Gasteiger partial charge in [-0.3, -0.25) is 0 Å². The largest absolute Gasteiger partial charge is 0.490 e. The second-order valence-electron chi connectivity index (χ2n) is 4.36. The molecule has 1 aromatic rings. The molecule has 0 radical (unpaired) electrons. The number of nitrogens with two attached hydrogens (primary N) is 1. The van der Waals surface area contributed by atoms with Crippen molar-refractivity contribution in [2.45, 2.75) is 33.0 Å². The minimum absolute atomic E-state index is 0.117. The second kappa shape index (κ2) is 5.87. The summed E-state index contributed by atoms with van der Waals surface area (Å²) in [6, 6.07) is 7.49. The monoisotopic (exact) mass is 223 g/mol. The second-order valence-corrected chi connectivity index (χ2v) is 4.36. The standard InChI is InChI=1S/C13H21NO2/c1-9(2)10(3)16-13-7-5-4-6-11(13)12(15)8-14/h4-7,9-10,12,15H,8,14H2,1-3H3/t10-,12-/m0/s1. The number of aliphatic hydroxyl groups is 1. The molecular weight excluding hydrogens is 202 g/mol. The van der Waals surface area contributed by atoms with Crippen molar-refractivity contribution in [1.29, 1.82) is 0 Å². The smallest absolute Gasteiger partial charge is 0.125 e. The SMILES string of the molecule is CC(C)[C@H](C)Oc1ccccc1[C@@H](O)CN. The van der Waals surface area contributed by atoms with E-state index in [0.29, 0.717) is 5.92 Å². The Balaban J connectivity index is 2.86. The fourth-order valence-corrected chi connectivity index (χ4v) is 1.33. The summed E-state index contributed by atoms with van der Waals surface area (Å²) < 4.78 is 5.81. The van der Waals surface area contributed by atoms with E-state index in [0.717, 1.165) is 11.3 Å². The van der Waals surface area contributed by atoms with Gasteiger partial charge in [0.2, 0.25) is 0 Å². The number of hydrogen-bond donors (Lipinski definition) is 2. The highest BCUT2D eigenvalue weighted by atomic mass is 16.5. The van der Waals surface area contributed by atoms with Crippen molar-refractivity contribution in [1.82, 2.24) is 0 Å². The van der Waals surface area contributed by atoms with Gasteiger partial charge in [0, 0.05) is 12.1 Å². The van der Waals surface area contributed by atoms with E-state index in [4.69, 9.17) is 10.5 Å². The first-order valence-electron chi connectivity index (χ1n) is 5.70. The van der Waals surface area contributed by atoms with Crippen molar-refractivity contribution in [2.24, 2.45) is 11.7 Å². The summed E-state index contributed by atoms with van der Waals surface area (Å²) in [4.78, 5) is 0. The topological polar surface area (TPSA) is 55.5 Å². The molecule has 0 aromatic heterocycles. The molecule has 0 bridgehead atoms. The molecule has 3 N–H and O–H groups in total. The van der Waals surface area contributed by atoms with Crippen LogP contribution in [0.2, 0.25) is 0 Å². The van der Waals surface area contributed by atoms with Gasteiger partial charge >= 0.3 is 0 Å². The maximum atomic E-state index is 9.76. The van der Waals surface area contributed by atoms with E-state index in [1.54, 1.807) is 0 Å². The molecule has 0 aliphatic heterocycles. The van der Waals surface area contributed by atoms with Crippen molar-refractivity contribution >= 4 is 0 Å². The van der Waals surface area contributed by atoms with Gasteiger partial charge in [0.15, 0.2) is 0 Å². The van der Waals surface area contributed by atoms with Crippen LogP contribution in [-0.4, -0.2) is 17.8 Å². The third kappa shape index (κ3) is 3.22. The molecule has 0 fully saturated rings. The Labute approximate surface area is 97.2 Å². The Hall–Kier alpha value is -1.06. The van der Waals surface area contributed by atoms with Gasteiger partial charge < -0.3 is 15.6 Å². The molecule has 2 atom stereocenters. The number of aliphatic hydroxyl groups excluding tert-OH is 1. The van der Waals surface area contributed by atoms with Gasteiger partial charge in [-0.1, -0.05) is 32.0 Å². The molecule has 90 valence electrons. The zero-order valence-electron chi connectivity index (χ0n) is 10.2. The van der Waals surface area contributed by atoms with Crippen LogP contribution in [0.25, 0.3) is 0 Å². The average molecular weight is 223 g/mol. The molecule has 3 nitrogen and oxygen atoms in total. The Morgan fingerprint density at radius 1 is 1.25 bits per heavy atom. The van der Waals surface area contributed by atoms with Crippen LogP contribution in [0.3, 0.4) is 0 Å². The highest BCUT2D eigenvalue weighted by molar-refractivity contribution is 5.35. The minimum Gasteiger partial charge on any atom is -0.490 e. The van der Waals surface area contributed by atoms with Crippen molar-refractivity contribution < 1.29 is 9.84 Å². The van der Waals surface area contributed by atoms with Crippen molar-refractivity contribution in [3.63, 3.8) is 0 Å². The molecule has 0 saturated carbocycles. The molecule has 1 rings (SSSR count). The van der Waals surface area contributed by atoms with Crippen LogP contribution >= 0.6 is 0 Å². The number of rotatable bonds is 5. The van der Waals surface area contributed by atoms with E-state index < -0.39 is 6.10 Å². The van der Waals surface area contributed by atoms with Crippen LogP contribution < -0.4 is 10.5 Å². The number of ether oxygens (including phenoxy) is 1. The predicted octanol–water partition coefficient (Wildman–Crippen LogP) is 2.10. The fourth-order valence-electron chi connectivity index (χ4n) is 1.33. The van der Waals surface area contributed by atoms with Crippen molar-refractivity contribution in [2.75, 3.05) is 6.54 Å². The molecule has 0 aliphatic carbocycles. The van der Waals surface area contributed by atoms with Crippen LogP contribution in [0, 0.1) is 5.92 Å². The highest BCUT2D eigenvalue weighted by Crippen LogP contribution is 2.26. The quantitative estimate of drug-likeness (QED) is 0.803. The fraction of sp³-hybridized carbons (Fsp3) is 0.538. The van der Waals surface area contributed by atoms with Gasteiger partial charge in [-0.2, -0.15) is 0 Å². The van der Waals surface area contributed by atoms with Gasteiger partial charge in [0.1, 0.15) is 5.75 Å². The Morgan fingerprint density at radius 3 is 2.44 bits per heavy atom. The van der Waals surface area contributed by atoms with E-state index >= 15 is 0 Å². The molecule has 3 heteroatoms. The maximum Gasteiger partial charge on any atom is 0.125 e. The lowest BCUT2D eigenvalue weighted by Crippen LogP contribution is -2.20. The van der Waals surface area contributed by atoms with Crippen molar-refractivity contribution in [3.05, 3.63) is 29.8 Å². The lowest BCUT2D eigenvalue weighted by atomic mass is 10.1. The van der Waals surface area contributed by atoms with Gasteiger partial charge in [-0.15, -0.1) is 0 Å². The first kappa shape index (κ1) is 13.0. The summed E-state index contributed by atoms with van der Waals surface area (Å²) in [5, 5.41) is 9.76. The summed E-state index contributed by atoms with van der Waals surface area (Å²) in [5.74, 6) is 1.16. The minimum atomic E-state index is -0.657. The third-order valence-electron chi connectivity index (χ3n) is 2.75. The Morgan fingerprint density at radius 2 is 1.88 bits per heavy atom. The number of hydrogen-bond acceptors (Lipinski definition) is 3. The van der Waals surface area contributed by atoms with E-state index in [1.165, 1.54) is 0 Å². The summed E-state index contributed by atoms with van der Waals surface area (Å²) in [7, 11) is 0. The summed E-state index contributed by atoms with van der Waals surface area (Å²) >= 11 is 0. The Bertz CT molecular complexity index is 325. The molecule has 0 aliphatic rings. The Kier molecular flexibility index (Phi) is 4.77. The average Bonchev–Trinajstić information content (AvgIpc) is 2.28. The van der Waals surface area contributed by atoms with Crippen LogP contribution in [-0.2, 0) is 0 Å². The van der Waals surface area contributed by atoms with Gasteiger partial charge in [0.05, 0.1) is 12.2 Å². The predicted molar refractivity (Wildman–Crippen MR) is 65.4 cm³/mol. The lowest BCUT2D eigenvalue weighted by Gasteiger charge is -2.21. The zero-order valence-corrected chi connectivity index (χ0v) is 10.2. The third-order valence-corrected chi connectivity index (χ3v) is 2.75. The van der Waals surface area contributed by atoms with Crippen LogP contribution in [0.4, 0.5) is 0 Å². The van der Waals surface area contributed by atoms with E-state index in [9.17, 15) is 5.11 Å². The zero-order chi connectivity index (χ0) is 12.1. The van der Waals surface area contributed by atoms with Crippen molar-refractivity contribution in [3.8, 4) is 5.75 Å². The molecule has 0 unspecified atom stereocenters. The van der Waals surface area contributed by atoms with Crippen LogP contribution in [0.1, 0.15) is 32.4 Å². The number of benzene rings is 1. The molecular formula is C13H21NO2. The summed E-state index contributed by atoms with van der Waals surface area (Å²) in [5.41, 5.74) is 6.22. The molecule has 1 aromatic carbocycles. The first-order chi connectivity index (χ1) is 7.56. The lowest BCUT2D eigenvalue weighted by molar-refractivity contribution is 0.149. The first-order valence-corrected chi connectivity index (χ1v) is 5.70. The summed E-state index contributed by atoms with van der Waals surface area (Å²) in [6.45, 7) is 6.44. The van der Waals surface area contributed by atoms with E-state index in [1.807, 2.05) is 31.2 Å². The van der Waals surface area contributed by atoms with Crippen LogP contribution in [0.5, 0.6) is 5.75 Å².